The third-order valence-electron chi connectivity index (χ3n) is 8.49. The van der Waals surface area contributed by atoms with Crippen LogP contribution >= 0.6 is 0 Å². The molecule has 6 heteroatoms. The van der Waals surface area contributed by atoms with Crippen molar-refractivity contribution in [3.05, 3.63) is 108 Å². The molecule has 1 aromatic heterocycles. The van der Waals surface area contributed by atoms with Crippen LogP contribution in [-0.4, -0.2) is 46.1 Å². The highest BCUT2D eigenvalue weighted by Gasteiger charge is 2.52. The molecule has 6 rings (SSSR count). The highest BCUT2D eigenvalue weighted by molar-refractivity contribution is 6.63. The molecule has 0 N–H and O–H groups in total. The van der Waals surface area contributed by atoms with E-state index in [1.165, 1.54) is 16.7 Å². The Kier molecular flexibility index (Phi) is 6.30. The molecule has 0 spiro atoms. The van der Waals surface area contributed by atoms with Gasteiger partial charge in [0.25, 0.3) is 0 Å². The maximum atomic E-state index is 6.46. The lowest BCUT2D eigenvalue weighted by Crippen LogP contribution is -2.50. The van der Waals surface area contributed by atoms with Gasteiger partial charge in [0.1, 0.15) is 0 Å². The second-order valence-corrected chi connectivity index (χ2v) is 11.7. The fourth-order valence-electron chi connectivity index (χ4n) is 5.62. The van der Waals surface area contributed by atoms with Crippen molar-refractivity contribution in [2.45, 2.75) is 57.9 Å². The van der Waals surface area contributed by atoms with Gasteiger partial charge in [-0.05, 0) is 62.8 Å². The van der Waals surface area contributed by atoms with Crippen LogP contribution in [0.4, 0.5) is 0 Å². The van der Waals surface area contributed by atoms with E-state index in [1.54, 1.807) is 0 Å². The van der Waals surface area contributed by atoms with Crippen LogP contribution in [0.25, 0.3) is 11.3 Å². The number of aryl methyl sites for hydroxylation is 1. The van der Waals surface area contributed by atoms with Crippen LogP contribution in [0.3, 0.4) is 0 Å². The van der Waals surface area contributed by atoms with Gasteiger partial charge in [-0.1, -0.05) is 84.4 Å². The normalized spacial score (nSPS) is 19.2. The SMILES string of the molecule is Cc1ccc(B2OC(C)(C)C(C)(C)O2)c(-c2ccnn2C2CN(C(c3ccccc3)c3ccccc3)C2)c1. The topological polar surface area (TPSA) is 39.5 Å². The molecule has 0 radical (unpaired) electrons. The molecule has 3 aromatic carbocycles. The summed E-state index contributed by atoms with van der Waals surface area (Å²) >= 11 is 0. The van der Waals surface area contributed by atoms with Crippen molar-refractivity contribution in [2.75, 3.05) is 13.1 Å². The summed E-state index contributed by atoms with van der Waals surface area (Å²) in [7, 11) is -0.419. The minimum atomic E-state index is -0.419. The molecule has 194 valence electrons. The molecule has 0 atom stereocenters. The highest BCUT2D eigenvalue weighted by Crippen LogP contribution is 2.39. The van der Waals surface area contributed by atoms with Crippen molar-refractivity contribution in [2.24, 2.45) is 0 Å². The van der Waals surface area contributed by atoms with Crippen molar-refractivity contribution in [3.8, 4) is 11.3 Å². The summed E-state index contributed by atoms with van der Waals surface area (Å²) in [5.74, 6) is 0. The van der Waals surface area contributed by atoms with Gasteiger partial charge >= 0.3 is 7.12 Å². The second-order valence-electron chi connectivity index (χ2n) is 11.7. The molecule has 3 heterocycles. The van der Waals surface area contributed by atoms with Crippen molar-refractivity contribution in [1.29, 1.82) is 0 Å². The molecule has 0 saturated carbocycles. The minimum absolute atomic E-state index is 0.229. The van der Waals surface area contributed by atoms with Crippen LogP contribution in [-0.2, 0) is 9.31 Å². The van der Waals surface area contributed by atoms with Gasteiger partial charge in [-0.3, -0.25) is 9.58 Å². The van der Waals surface area contributed by atoms with Crippen molar-refractivity contribution >= 4 is 12.6 Å². The molecule has 2 fully saturated rings. The first-order valence-electron chi connectivity index (χ1n) is 13.6. The summed E-state index contributed by atoms with van der Waals surface area (Å²) in [6.45, 7) is 12.4. The highest BCUT2D eigenvalue weighted by atomic mass is 16.7. The summed E-state index contributed by atoms with van der Waals surface area (Å²) in [5.41, 5.74) is 6.35. The van der Waals surface area contributed by atoms with E-state index in [-0.39, 0.29) is 6.04 Å². The summed E-state index contributed by atoms with van der Waals surface area (Å²) in [4.78, 5) is 2.55. The van der Waals surface area contributed by atoms with E-state index in [2.05, 4.69) is 129 Å². The minimum Gasteiger partial charge on any atom is -0.399 e. The lowest BCUT2D eigenvalue weighted by molar-refractivity contribution is 0.00578. The third-order valence-corrected chi connectivity index (χ3v) is 8.49. The number of hydrogen-bond donors (Lipinski definition) is 0. The summed E-state index contributed by atoms with van der Waals surface area (Å²) in [6.07, 6.45) is 1.92. The van der Waals surface area contributed by atoms with Crippen molar-refractivity contribution in [3.63, 3.8) is 0 Å². The third kappa shape index (κ3) is 4.41. The number of aromatic nitrogens is 2. The number of nitrogens with zero attached hydrogens (tertiary/aromatic N) is 3. The Morgan fingerprint density at radius 1 is 0.816 bits per heavy atom. The van der Waals surface area contributed by atoms with Gasteiger partial charge in [-0.2, -0.15) is 5.10 Å². The molecule has 2 aliphatic rings. The molecule has 2 saturated heterocycles. The van der Waals surface area contributed by atoms with Crippen LogP contribution in [0, 0.1) is 6.92 Å². The van der Waals surface area contributed by atoms with Crippen molar-refractivity contribution in [1.82, 2.24) is 14.7 Å². The zero-order valence-electron chi connectivity index (χ0n) is 23.0. The fraction of sp³-hybridized carbons (Fsp3) is 0.344. The van der Waals surface area contributed by atoms with E-state index in [0.29, 0.717) is 6.04 Å². The van der Waals surface area contributed by atoms with Crippen LogP contribution in [0.5, 0.6) is 0 Å². The lowest BCUT2D eigenvalue weighted by Gasteiger charge is -2.45. The van der Waals surface area contributed by atoms with E-state index in [0.717, 1.165) is 29.8 Å². The molecule has 38 heavy (non-hydrogen) atoms. The Morgan fingerprint density at radius 3 is 1.97 bits per heavy atom. The standard InChI is InChI=1S/C32H36BN3O2/c1-23-16-17-28(33-37-31(2,3)32(4,5)38-33)27(20-23)29-18-19-34-36(29)26-21-35(22-26)30(24-12-8-6-9-13-24)25-14-10-7-11-15-25/h6-20,26,30H,21-22H2,1-5H3. The molecule has 5 nitrogen and oxygen atoms in total. The quantitative estimate of drug-likeness (QED) is 0.311. The molecule has 0 amide bonds. The van der Waals surface area contributed by atoms with E-state index >= 15 is 0 Å². The van der Waals surface area contributed by atoms with Gasteiger partial charge in [0.2, 0.25) is 0 Å². The number of benzene rings is 3. The first-order chi connectivity index (χ1) is 18.2. The number of hydrogen-bond acceptors (Lipinski definition) is 4. The molecular formula is C32H36BN3O2. The number of rotatable bonds is 6. The van der Waals surface area contributed by atoms with E-state index in [4.69, 9.17) is 14.4 Å². The van der Waals surface area contributed by atoms with Crippen LogP contribution in [0.15, 0.2) is 91.1 Å². The first kappa shape index (κ1) is 25.1. The Morgan fingerprint density at radius 2 is 1.39 bits per heavy atom. The van der Waals surface area contributed by atoms with E-state index < -0.39 is 18.3 Å². The Labute approximate surface area is 226 Å². The molecular weight excluding hydrogens is 469 g/mol. The predicted octanol–water partition coefficient (Wildman–Crippen LogP) is 5.80. The molecule has 4 aromatic rings. The van der Waals surface area contributed by atoms with E-state index in [9.17, 15) is 0 Å². The maximum absolute atomic E-state index is 6.46. The molecule has 0 bridgehead atoms. The van der Waals surface area contributed by atoms with Crippen molar-refractivity contribution < 1.29 is 9.31 Å². The van der Waals surface area contributed by atoms with Crippen LogP contribution in [0.1, 0.15) is 56.5 Å². The van der Waals surface area contributed by atoms with Crippen LogP contribution < -0.4 is 5.46 Å². The predicted molar refractivity (Wildman–Crippen MR) is 153 cm³/mol. The first-order valence-corrected chi connectivity index (χ1v) is 13.6. The Bertz CT molecular complexity index is 1360. The lowest BCUT2D eigenvalue weighted by atomic mass is 9.74. The zero-order chi connectivity index (χ0) is 26.5. The molecule has 2 aliphatic heterocycles. The Balaban J connectivity index is 1.29. The monoisotopic (exact) mass is 505 g/mol. The van der Waals surface area contributed by atoms with Gasteiger partial charge in [0.05, 0.1) is 29.0 Å². The van der Waals surface area contributed by atoms with Gasteiger partial charge in [-0.15, -0.1) is 0 Å². The largest absolute Gasteiger partial charge is 0.495 e. The smallest absolute Gasteiger partial charge is 0.399 e. The fourth-order valence-corrected chi connectivity index (χ4v) is 5.62. The van der Waals surface area contributed by atoms with Crippen LogP contribution in [0.2, 0.25) is 0 Å². The molecule has 0 unspecified atom stereocenters. The average Bonchev–Trinajstić information content (AvgIpc) is 3.43. The zero-order valence-corrected chi connectivity index (χ0v) is 23.0. The van der Waals surface area contributed by atoms with Gasteiger partial charge in [-0.25, -0.2) is 0 Å². The maximum Gasteiger partial charge on any atom is 0.495 e. The second kappa shape index (κ2) is 9.53. The van der Waals surface area contributed by atoms with E-state index in [1.807, 2.05) is 6.20 Å². The molecule has 0 aliphatic carbocycles. The number of likely N-dealkylation sites (tertiary alicyclic amines) is 1. The summed E-state index contributed by atoms with van der Waals surface area (Å²) < 4.78 is 15.1. The summed E-state index contributed by atoms with van der Waals surface area (Å²) in [6, 6.07) is 30.8. The Hall–Kier alpha value is -3.19. The average molecular weight is 505 g/mol. The van der Waals surface area contributed by atoms with Gasteiger partial charge < -0.3 is 9.31 Å². The van der Waals surface area contributed by atoms with Gasteiger partial charge in [0.15, 0.2) is 0 Å². The summed E-state index contributed by atoms with van der Waals surface area (Å²) in [5, 5.41) is 4.82. The van der Waals surface area contributed by atoms with Gasteiger partial charge in [0, 0.05) is 19.3 Å².